The van der Waals surface area contributed by atoms with Crippen molar-refractivity contribution in [2.45, 2.75) is 13.0 Å². The van der Waals surface area contributed by atoms with E-state index >= 15 is 0 Å². The minimum atomic E-state index is -0.826. The summed E-state index contributed by atoms with van der Waals surface area (Å²) in [6.45, 7) is 1.41. The third-order valence-corrected chi connectivity index (χ3v) is 4.80. The van der Waals surface area contributed by atoms with Crippen LogP contribution in [0.4, 0.5) is 5.69 Å². The summed E-state index contributed by atoms with van der Waals surface area (Å²) >= 11 is 1.53. The Morgan fingerprint density at radius 1 is 1.30 bits per heavy atom. The van der Waals surface area contributed by atoms with Gasteiger partial charge in [0.1, 0.15) is 11.6 Å². The third-order valence-electron chi connectivity index (χ3n) is 3.74. The number of amides is 1. The van der Waals surface area contributed by atoms with Crippen LogP contribution in [-0.2, 0) is 14.3 Å². The number of ether oxygens (including phenoxy) is 1. The fourth-order valence-electron chi connectivity index (χ4n) is 2.27. The van der Waals surface area contributed by atoms with Gasteiger partial charge in [-0.3, -0.25) is 4.79 Å². The van der Waals surface area contributed by atoms with Crippen LogP contribution in [0.1, 0.15) is 23.4 Å². The molecule has 0 spiro atoms. The van der Waals surface area contributed by atoms with E-state index in [4.69, 9.17) is 4.74 Å². The first-order chi connectivity index (χ1) is 12.9. The maximum absolute atomic E-state index is 12.1. The molecule has 1 aromatic heterocycles. The van der Waals surface area contributed by atoms with Crippen LogP contribution in [0.25, 0.3) is 6.08 Å². The zero-order chi connectivity index (χ0) is 19.8. The second-order valence-corrected chi connectivity index (χ2v) is 7.02. The molecule has 1 aromatic carbocycles. The number of nitrogens with one attached hydrogen (secondary N) is 1. The number of benzene rings is 1. The number of nitrogens with zero attached hydrogens (tertiary/aromatic N) is 2. The number of carbonyl (C=O) groups excluding carboxylic acids is 2. The molecule has 27 heavy (non-hydrogen) atoms. The molecule has 0 radical (unpaired) electrons. The molecule has 0 saturated heterocycles. The molecule has 2 aromatic rings. The van der Waals surface area contributed by atoms with Gasteiger partial charge in [0.25, 0.3) is 5.91 Å². The first-order valence-electron chi connectivity index (χ1n) is 8.29. The molecule has 0 fully saturated rings. The summed E-state index contributed by atoms with van der Waals surface area (Å²) in [6, 6.07) is 12.8. The molecule has 140 valence electrons. The summed E-state index contributed by atoms with van der Waals surface area (Å²) in [4.78, 5) is 27.0. The van der Waals surface area contributed by atoms with Crippen LogP contribution < -0.4 is 10.2 Å². The molecule has 0 aliphatic carbocycles. The van der Waals surface area contributed by atoms with E-state index in [-0.39, 0.29) is 11.6 Å². The van der Waals surface area contributed by atoms with Crippen molar-refractivity contribution in [1.29, 1.82) is 5.26 Å². The van der Waals surface area contributed by atoms with Crippen molar-refractivity contribution in [3.8, 4) is 6.07 Å². The molecule has 0 aliphatic heterocycles. The molecule has 6 nitrogen and oxygen atoms in total. The molecule has 0 unspecified atom stereocenters. The molecule has 7 heteroatoms. The molecule has 0 aliphatic rings. The van der Waals surface area contributed by atoms with Crippen LogP contribution in [0.2, 0.25) is 0 Å². The zero-order valence-corrected chi connectivity index (χ0v) is 16.2. The lowest BCUT2D eigenvalue weighted by atomic mass is 10.1. The minimum Gasteiger partial charge on any atom is -0.451 e. The Morgan fingerprint density at radius 3 is 2.56 bits per heavy atom. The average molecular weight is 383 g/mol. The molecule has 1 amide bonds. The predicted octanol–water partition coefficient (Wildman–Crippen LogP) is 3.14. The zero-order valence-electron chi connectivity index (χ0n) is 15.4. The van der Waals surface area contributed by atoms with Crippen molar-refractivity contribution in [3.05, 3.63) is 57.8 Å². The van der Waals surface area contributed by atoms with E-state index in [1.54, 1.807) is 12.1 Å². The lowest BCUT2D eigenvalue weighted by Crippen LogP contribution is -2.30. The van der Waals surface area contributed by atoms with Gasteiger partial charge < -0.3 is 15.0 Å². The number of thiophene rings is 1. The predicted molar refractivity (Wildman–Crippen MR) is 106 cm³/mol. The van der Waals surface area contributed by atoms with Crippen LogP contribution in [-0.4, -0.2) is 32.6 Å². The van der Waals surface area contributed by atoms with E-state index in [2.05, 4.69) is 5.32 Å². The Balaban J connectivity index is 1.92. The third kappa shape index (κ3) is 5.97. The van der Waals surface area contributed by atoms with Gasteiger partial charge in [0.15, 0.2) is 6.61 Å². The van der Waals surface area contributed by atoms with Crippen LogP contribution >= 0.6 is 11.3 Å². The molecule has 2 rings (SSSR count). The van der Waals surface area contributed by atoms with Crippen molar-refractivity contribution in [2.24, 2.45) is 0 Å². The Morgan fingerprint density at radius 2 is 2.00 bits per heavy atom. The number of esters is 1. The molecule has 0 bridgehead atoms. The quantitative estimate of drug-likeness (QED) is 0.451. The smallest absolute Gasteiger partial charge is 0.349 e. The van der Waals surface area contributed by atoms with Crippen molar-refractivity contribution in [3.63, 3.8) is 0 Å². The number of rotatable bonds is 7. The van der Waals surface area contributed by atoms with Crippen molar-refractivity contribution in [2.75, 3.05) is 25.6 Å². The van der Waals surface area contributed by atoms with Crippen molar-refractivity contribution < 1.29 is 14.3 Å². The summed E-state index contributed by atoms with van der Waals surface area (Å²) in [6.07, 6.45) is 1.44. The summed E-state index contributed by atoms with van der Waals surface area (Å²) in [5.74, 6) is -1.25. The highest BCUT2D eigenvalue weighted by atomic mass is 32.1. The number of hydrogen-bond acceptors (Lipinski definition) is 6. The summed E-state index contributed by atoms with van der Waals surface area (Å²) in [5, 5.41) is 13.9. The van der Waals surface area contributed by atoms with E-state index in [0.29, 0.717) is 5.56 Å². The Labute approximate surface area is 162 Å². The van der Waals surface area contributed by atoms with E-state index in [1.165, 1.54) is 17.4 Å². The number of carbonyl (C=O) groups is 2. The largest absolute Gasteiger partial charge is 0.451 e. The van der Waals surface area contributed by atoms with E-state index < -0.39 is 18.5 Å². The van der Waals surface area contributed by atoms with Crippen molar-refractivity contribution >= 4 is 35.0 Å². The maximum Gasteiger partial charge on any atom is 0.349 e. The second kappa shape index (κ2) is 9.55. The monoisotopic (exact) mass is 383 g/mol. The standard InChI is InChI=1S/C20H21N3O3S/c1-14(18-5-4-10-27-18)22-19(24)13-26-20(25)16(12-21)11-15-6-8-17(9-7-15)23(2)3/h4-11,14H,13H2,1-3H3,(H,22,24)/b16-11+/t14-/m0/s1. The van der Waals surface area contributed by atoms with Gasteiger partial charge >= 0.3 is 5.97 Å². The first-order valence-corrected chi connectivity index (χ1v) is 9.17. The van der Waals surface area contributed by atoms with E-state index in [1.807, 2.05) is 61.6 Å². The van der Waals surface area contributed by atoms with Crippen molar-refractivity contribution in [1.82, 2.24) is 5.32 Å². The summed E-state index contributed by atoms with van der Waals surface area (Å²) in [7, 11) is 3.85. The highest BCUT2D eigenvalue weighted by Crippen LogP contribution is 2.18. The molecular formula is C20H21N3O3S. The highest BCUT2D eigenvalue weighted by Gasteiger charge is 2.15. The van der Waals surface area contributed by atoms with E-state index in [0.717, 1.165) is 10.6 Å². The Bertz CT molecular complexity index is 850. The molecular weight excluding hydrogens is 362 g/mol. The lowest BCUT2D eigenvalue weighted by molar-refractivity contribution is -0.144. The van der Waals surface area contributed by atoms with Gasteiger partial charge in [-0.25, -0.2) is 4.79 Å². The fourth-order valence-corrected chi connectivity index (χ4v) is 3.01. The maximum atomic E-state index is 12.1. The van der Waals surface area contributed by atoms with Gasteiger partial charge in [-0.15, -0.1) is 11.3 Å². The van der Waals surface area contributed by atoms with Crippen LogP contribution in [0.15, 0.2) is 47.4 Å². The summed E-state index contributed by atoms with van der Waals surface area (Å²) in [5.41, 5.74) is 1.54. The van der Waals surface area contributed by atoms with E-state index in [9.17, 15) is 14.9 Å². The van der Waals surface area contributed by atoms with Gasteiger partial charge in [0.05, 0.1) is 6.04 Å². The van der Waals surface area contributed by atoms with Gasteiger partial charge in [0.2, 0.25) is 0 Å². The Kier molecular flexibility index (Phi) is 7.15. The SMILES string of the molecule is C[C@H](NC(=O)COC(=O)/C(C#N)=C/c1ccc(N(C)C)cc1)c1cccs1. The average Bonchev–Trinajstić information content (AvgIpc) is 3.19. The van der Waals surface area contributed by atoms with Crippen LogP contribution in [0, 0.1) is 11.3 Å². The Hall–Kier alpha value is -3.11. The summed E-state index contributed by atoms with van der Waals surface area (Å²) < 4.78 is 4.96. The van der Waals surface area contributed by atoms with Gasteiger partial charge in [0, 0.05) is 24.7 Å². The van der Waals surface area contributed by atoms with Crippen LogP contribution in [0.5, 0.6) is 0 Å². The van der Waals surface area contributed by atoms with Crippen LogP contribution in [0.3, 0.4) is 0 Å². The molecule has 0 saturated carbocycles. The molecule has 1 atom stereocenters. The first kappa shape index (κ1) is 20.2. The van der Waals surface area contributed by atoms with Gasteiger partial charge in [-0.1, -0.05) is 18.2 Å². The molecule has 1 N–H and O–H groups in total. The highest BCUT2D eigenvalue weighted by molar-refractivity contribution is 7.10. The number of anilines is 1. The number of nitriles is 1. The molecule has 1 heterocycles. The fraction of sp³-hybridized carbons (Fsp3) is 0.250. The topological polar surface area (TPSA) is 82.4 Å². The van der Waals surface area contributed by atoms with Gasteiger partial charge in [-0.05, 0) is 42.1 Å². The normalized spacial score (nSPS) is 12.0. The van der Waals surface area contributed by atoms with Gasteiger partial charge in [-0.2, -0.15) is 5.26 Å². The second-order valence-electron chi connectivity index (χ2n) is 6.04. The number of hydrogen-bond donors (Lipinski definition) is 1. The minimum absolute atomic E-state index is 0.160. The lowest BCUT2D eigenvalue weighted by Gasteiger charge is -2.12.